The van der Waals surface area contributed by atoms with Gasteiger partial charge in [0.25, 0.3) is 0 Å². The van der Waals surface area contributed by atoms with E-state index in [1.54, 1.807) is 0 Å². The standard InChI is InChI=1S/C14H16ClNO4S/c15-11-3-5-12(6-4-11)21(19,20)16-8-10-2-1-7-14(10,9-16)13(17)18/h3-6,10H,1-2,7-9H2,(H,17,18)/t10-,14+/m0/s1. The van der Waals surface area contributed by atoms with Crippen LogP contribution in [-0.2, 0) is 14.8 Å². The Kier molecular flexibility index (Phi) is 3.50. The molecule has 7 heteroatoms. The van der Waals surface area contributed by atoms with Crippen molar-refractivity contribution < 1.29 is 18.3 Å². The van der Waals surface area contributed by atoms with Crippen LogP contribution in [0.1, 0.15) is 19.3 Å². The molecule has 0 unspecified atom stereocenters. The highest BCUT2D eigenvalue weighted by Gasteiger charge is 2.57. The Labute approximate surface area is 128 Å². The molecule has 0 radical (unpaired) electrons. The van der Waals surface area contributed by atoms with Crippen molar-refractivity contribution in [1.82, 2.24) is 4.31 Å². The minimum absolute atomic E-state index is 0.0674. The van der Waals surface area contributed by atoms with E-state index in [1.807, 2.05) is 0 Å². The van der Waals surface area contributed by atoms with Crippen molar-refractivity contribution in [2.24, 2.45) is 11.3 Å². The number of benzene rings is 1. The summed E-state index contributed by atoms with van der Waals surface area (Å²) in [4.78, 5) is 11.8. The highest BCUT2D eigenvalue weighted by molar-refractivity contribution is 7.89. The molecule has 1 aliphatic carbocycles. The molecule has 21 heavy (non-hydrogen) atoms. The van der Waals surface area contributed by atoms with Crippen LogP contribution >= 0.6 is 11.6 Å². The minimum Gasteiger partial charge on any atom is -0.481 e. The number of hydrogen-bond donors (Lipinski definition) is 1. The van der Waals surface area contributed by atoms with Gasteiger partial charge in [0.05, 0.1) is 10.3 Å². The van der Waals surface area contributed by atoms with Gasteiger partial charge in [-0.05, 0) is 43.0 Å². The lowest BCUT2D eigenvalue weighted by Crippen LogP contribution is -2.37. The van der Waals surface area contributed by atoms with Gasteiger partial charge in [-0.2, -0.15) is 4.31 Å². The molecule has 1 heterocycles. The van der Waals surface area contributed by atoms with E-state index in [4.69, 9.17) is 11.6 Å². The number of sulfonamides is 1. The van der Waals surface area contributed by atoms with Gasteiger partial charge in [-0.3, -0.25) is 4.79 Å². The van der Waals surface area contributed by atoms with E-state index in [0.717, 1.165) is 12.8 Å². The molecular formula is C14H16ClNO4S. The fourth-order valence-corrected chi connectivity index (χ4v) is 5.21. The first-order valence-electron chi connectivity index (χ1n) is 6.85. The number of aliphatic carboxylic acids is 1. The monoisotopic (exact) mass is 329 g/mol. The molecule has 2 atom stereocenters. The summed E-state index contributed by atoms with van der Waals surface area (Å²) in [5.41, 5.74) is -0.903. The highest BCUT2D eigenvalue weighted by Crippen LogP contribution is 2.50. The van der Waals surface area contributed by atoms with Crippen LogP contribution in [0.4, 0.5) is 0 Å². The van der Waals surface area contributed by atoms with E-state index in [1.165, 1.54) is 28.6 Å². The number of fused-ring (bicyclic) bond motifs is 1. The Hall–Kier alpha value is -1.11. The number of rotatable bonds is 3. The quantitative estimate of drug-likeness (QED) is 0.922. The van der Waals surface area contributed by atoms with E-state index in [2.05, 4.69) is 0 Å². The second-order valence-corrected chi connectivity index (χ2v) is 8.18. The summed E-state index contributed by atoms with van der Waals surface area (Å²) in [6.45, 7) is 0.356. The van der Waals surface area contributed by atoms with Crippen LogP contribution in [0.5, 0.6) is 0 Å². The lowest BCUT2D eigenvalue weighted by Gasteiger charge is -2.23. The van der Waals surface area contributed by atoms with Gasteiger partial charge in [0, 0.05) is 18.1 Å². The topological polar surface area (TPSA) is 74.7 Å². The summed E-state index contributed by atoms with van der Waals surface area (Å²) in [6, 6.07) is 5.97. The zero-order valence-corrected chi connectivity index (χ0v) is 12.9. The van der Waals surface area contributed by atoms with E-state index in [-0.39, 0.29) is 23.9 Å². The molecule has 0 aromatic heterocycles. The van der Waals surface area contributed by atoms with Crippen molar-refractivity contribution in [2.45, 2.75) is 24.2 Å². The lowest BCUT2D eigenvalue weighted by atomic mass is 9.81. The first kappa shape index (κ1) is 14.8. The Morgan fingerprint density at radius 3 is 2.57 bits per heavy atom. The predicted molar refractivity (Wildman–Crippen MR) is 77.6 cm³/mol. The highest BCUT2D eigenvalue weighted by atomic mass is 35.5. The number of halogens is 1. The predicted octanol–water partition coefficient (Wildman–Crippen LogP) is 2.22. The fourth-order valence-electron chi connectivity index (χ4n) is 3.53. The molecule has 0 amide bonds. The molecule has 2 fully saturated rings. The van der Waals surface area contributed by atoms with Crippen molar-refractivity contribution >= 4 is 27.6 Å². The number of carboxylic acids is 1. The number of carboxylic acid groups (broad SMARTS) is 1. The largest absolute Gasteiger partial charge is 0.481 e. The molecule has 1 N–H and O–H groups in total. The smallest absolute Gasteiger partial charge is 0.311 e. The summed E-state index contributed by atoms with van der Waals surface area (Å²) in [5, 5.41) is 9.99. The van der Waals surface area contributed by atoms with Crippen LogP contribution in [0.15, 0.2) is 29.2 Å². The molecule has 3 rings (SSSR count). The number of nitrogens with zero attached hydrogens (tertiary/aromatic N) is 1. The Morgan fingerprint density at radius 2 is 2.00 bits per heavy atom. The van der Waals surface area contributed by atoms with E-state index >= 15 is 0 Å². The van der Waals surface area contributed by atoms with E-state index in [0.29, 0.717) is 11.4 Å². The van der Waals surface area contributed by atoms with Gasteiger partial charge in [-0.1, -0.05) is 18.0 Å². The number of hydrogen-bond acceptors (Lipinski definition) is 3. The minimum atomic E-state index is -3.66. The zero-order valence-electron chi connectivity index (χ0n) is 11.3. The van der Waals surface area contributed by atoms with Crippen molar-refractivity contribution in [3.05, 3.63) is 29.3 Å². The van der Waals surface area contributed by atoms with E-state index in [9.17, 15) is 18.3 Å². The molecule has 0 bridgehead atoms. The average molecular weight is 330 g/mol. The SMILES string of the molecule is O=C(O)[C@@]12CCC[C@H]1CN(S(=O)(=O)c1ccc(Cl)cc1)C2. The van der Waals surface area contributed by atoms with Crippen molar-refractivity contribution in [3.63, 3.8) is 0 Å². The van der Waals surface area contributed by atoms with Crippen LogP contribution in [0, 0.1) is 11.3 Å². The molecule has 1 saturated heterocycles. The van der Waals surface area contributed by atoms with Gasteiger partial charge in [0.2, 0.25) is 10.0 Å². The number of carbonyl (C=O) groups is 1. The summed E-state index contributed by atoms with van der Waals surface area (Å²) < 4.78 is 26.6. The molecule has 1 aromatic rings. The van der Waals surface area contributed by atoms with Crippen LogP contribution in [0.2, 0.25) is 5.02 Å². The van der Waals surface area contributed by atoms with Crippen molar-refractivity contribution in [2.75, 3.05) is 13.1 Å². The third-order valence-electron chi connectivity index (χ3n) is 4.72. The summed E-state index contributed by atoms with van der Waals surface area (Å²) in [6.07, 6.45) is 2.18. The molecule has 2 aliphatic rings. The summed E-state index contributed by atoms with van der Waals surface area (Å²) in [7, 11) is -3.66. The molecule has 1 aliphatic heterocycles. The Morgan fingerprint density at radius 1 is 1.33 bits per heavy atom. The second-order valence-electron chi connectivity index (χ2n) is 5.80. The third-order valence-corrected chi connectivity index (χ3v) is 6.79. The van der Waals surface area contributed by atoms with E-state index < -0.39 is 21.4 Å². The van der Waals surface area contributed by atoms with Crippen molar-refractivity contribution in [3.8, 4) is 0 Å². The van der Waals surface area contributed by atoms with Gasteiger partial charge < -0.3 is 5.11 Å². The summed E-state index contributed by atoms with van der Waals surface area (Å²) >= 11 is 5.78. The van der Waals surface area contributed by atoms with Gasteiger partial charge in [0.15, 0.2) is 0 Å². The maximum atomic E-state index is 12.6. The zero-order chi connectivity index (χ0) is 15.3. The lowest BCUT2D eigenvalue weighted by molar-refractivity contribution is -0.149. The van der Waals surface area contributed by atoms with Crippen LogP contribution in [0.25, 0.3) is 0 Å². The summed E-state index contributed by atoms with van der Waals surface area (Å²) in [5.74, 6) is -0.962. The normalized spacial score (nSPS) is 29.5. The second kappa shape index (κ2) is 4.97. The van der Waals surface area contributed by atoms with Crippen LogP contribution < -0.4 is 0 Å². The fraction of sp³-hybridized carbons (Fsp3) is 0.500. The molecule has 5 nitrogen and oxygen atoms in total. The van der Waals surface area contributed by atoms with Gasteiger partial charge in [0.1, 0.15) is 0 Å². The van der Waals surface area contributed by atoms with Crippen LogP contribution in [-0.4, -0.2) is 36.9 Å². The van der Waals surface area contributed by atoms with Crippen molar-refractivity contribution in [1.29, 1.82) is 0 Å². The molecule has 114 valence electrons. The molecular weight excluding hydrogens is 314 g/mol. The third kappa shape index (κ3) is 2.25. The first-order valence-corrected chi connectivity index (χ1v) is 8.67. The molecule has 1 saturated carbocycles. The Balaban J connectivity index is 1.92. The maximum absolute atomic E-state index is 12.6. The average Bonchev–Trinajstić information content (AvgIpc) is 2.96. The van der Waals surface area contributed by atoms with Gasteiger partial charge in [-0.25, -0.2) is 8.42 Å². The Bertz CT molecular complexity index is 673. The first-order chi connectivity index (χ1) is 9.86. The molecule has 0 spiro atoms. The van der Waals surface area contributed by atoms with Crippen LogP contribution in [0.3, 0.4) is 0 Å². The maximum Gasteiger partial charge on any atom is 0.311 e. The van der Waals surface area contributed by atoms with Gasteiger partial charge in [-0.15, -0.1) is 0 Å². The van der Waals surface area contributed by atoms with Gasteiger partial charge >= 0.3 is 5.97 Å². The molecule has 1 aromatic carbocycles.